The van der Waals surface area contributed by atoms with Gasteiger partial charge in [0, 0.05) is 5.39 Å². The van der Waals surface area contributed by atoms with Crippen molar-refractivity contribution in [2.24, 2.45) is 0 Å². The number of aromatic nitrogens is 1. The molecule has 17 heavy (non-hydrogen) atoms. The summed E-state index contributed by atoms with van der Waals surface area (Å²) in [6.07, 6.45) is 0.961. The van der Waals surface area contributed by atoms with Gasteiger partial charge in [0.2, 0.25) is 0 Å². The third-order valence-electron chi connectivity index (χ3n) is 2.44. The molecule has 1 unspecified atom stereocenters. The van der Waals surface area contributed by atoms with E-state index in [1.165, 1.54) is 11.3 Å². The Kier molecular flexibility index (Phi) is 2.89. The molecule has 2 heterocycles. The topological polar surface area (TPSA) is 46.3 Å². The van der Waals surface area contributed by atoms with Gasteiger partial charge in [-0.25, -0.2) is 4.98 Å². The van der Waals surface area contributed by atoms with Gasteiger partial charge >= 0.3 is 0 Å². The molecular weight excluding hydrogens is 349 g/mol. The largest absolute Gasteiger partial charge is 0.458 e. The second kappa shape index (κ2) is 4.40. The summed E-state index contributed by atoms with van der Waals surface area (Å²) in [4.78, 5) is 4.16. The second-order valence-electron chi connectivity index (χ2n) is 3.59. The lowest BCUT2D eigenvalue weighted by molar-refractivity contribution is 0.192. The Bertz CT molecular complexity index is 628. The van der Waals surface area contributed by atoms with E-state index in [-0.39, 0.29) is 0 Å². The van der Waals surface area contributed by atoms with E-state index < -0.39 is 6.10 Å². The van der Waals surface area contributed by atoms with Crippen LogP contribution < -0.4 is 0 Å². The van der Waals surface area contributed by atoms with Crippen LogP contribution in [0.15, 0.2) is 40.9 Å². The van der Waals surface area contributed by atoms with Gasteiger partial charge in [0.05, 0.1) is 9.08 Å². The van der Waals surface area contributed by atoms with Crippen LogP contribution in [-0.4, -0.2) is 10.1 Å². The molecule has 0 amide bonds. The van der Waals surface area contributed by atoms with Crippen LogP contribution >= 0.6 is 33.9 Å². The van der Waals surface area contributed by atoms with Gasteiger partial charge in [-0.1, -0.05) is 18.2 Å². The number of rotatable bonds is 2. The van der Waals surface area contributed by atoms with Gasteiger partial charge in [0.25, 0.3) is 0 Å². The first-order valence-corrected chi connectivity index (χ1v) is 6.91. The fourth-order valence-corrected chi connectivity index (χ4v) is 3.11. The molecule has 0 radical (unpaired) electrons. The highest BCUT2D eigenvalue weighted by molar-refractivity contribution is 14.1. The van der Waals surface area contributed by atoms with Gasteiger partial charge < -0.3 is 9.52 Å². The Hall–Kier alpha value is -0.920. The smallest absolute Gasteiger partial charge is 0.163 e. The molecule has 0 aliphatic heterocycles. The number of aliphatic hydroxyl groups is 1. The average molecular weight is 357 g/mol. The molecule has 0 saturated heterocycles. The second-order valence-corrected chi connectivity index (χ2v) is 6.55. The van der Waals surface area contributed by atoms with Gasteiger partial charge in [-0.15, -0.1) is 11.3 Å². The molecule has 1 N–H and O–H groups in total. The third-order valence-corrected chi connectivity index (χ3v) is 4.22. The van der Waals surface area contributed by atoms with Crippen LogP contribution in [0, 0.1) is 2.88 Å². The fraction of sp³-hybridized carbons (Fsp3) is 0.0833. The van der Waals surface area contributed by atoms with Crippen LogP contribution in [0.2, 0.25) is 0 Å². The number of hydrogen-bond donors (Lipinski definition) is 1. The SMILES string of the molecule is OC(c1cc2ccccc2o1)c1ncc(I)s1. The zero-order chi connectivity index (χ0) is 11.8. The summed E-state index contributed by atoms with van der Waals surface area (Å²) in [6.45, 7) is 0. The van der Waals surface area contributed by atoms with Crippen molar-refractivity contribution in [3.8, 4) is 0 Å². The number of fused-ring (bicyclic) bond motifs is 1. The van der Waals surface area contributed by atoms with Crippen LogP contribution in [0.4, 0.5) is 0 Å². The zero-order valence-electron chi connectivity index (χ0n) is 8.63. The molecule has 1 aromatic carbocycles. The number of benzene rings is 1. The lowest BCUT2D eigenvalue weighted by Crippen LogP contribution is -1.96. The van der Waals surface area contributed by atoms with Crippen molar-refractivity contribution in [1.82, 2.24) is 4.98 Å². The first-order valence-electron chi connectivity index (χ1n) is 5.02. The van der Waals surface area contributed by atoms with Gasteiger partial charge in [-0.05, 0) is 34.7 Å². The minimum Gasteiger partial charge on any atom is -0.458 e. The predicted molar refractivity (Wildman–Crippen MR) is 75.1 cm³/mol. The summed E-state index contributed by atoms with van der Waals surface area (Å²) < 4.78 is 6.66. The maximum absolute atomic E-state index is 10.2. The Balaban J connectivity index is 2.03. The molecule has 1 atom stereocenters. The summed E-state index contributed by atoms with van der Waals surface area (Å²) in [5, 5.41) is 11.8. The van der Waals surface area contributed by atoms with Crippen molar-refractivity contribution in [1.29, 1.82) is 0 Å². The van der Waals surface area contributed by atoms with E-state index in [1.54, 1.807) is 6.20 Å². The summed E-state index contributed by atoms with van der Waals surface area (Å²) in [5.74, 6) is 0.539. The van der Waals surface area contributed by atoms with E-state index in [2.05, 4.69) is 27.6 Å². The molecule has 0 aliphatic carbocycles. The molecule has 0 spiro atoms. The monoisotopic (exact) mass is 357 g/mol. The van der Waals surface area contributed by atoms with Crippen molar-refractivity contribution in [2.75, 3.05) is 0 Å². The van der Waals surface area contributed by atoms with E-state index in [9.17, 15) is 5.11 Å². The van der Waals surface area contributed by atoms with Crippen molar-refractivity contribution >= 4 is 44.9 Å². The molecule has 0 aliphatic rings. The first kappa shape index (κ1) is 11.2. The molecule has 3 rings (SSSR count). The Morgan fingerprint density at radius 1 is 1.35 bits per heavy atom. The molecule has 3 aromatic rings. The molecule has 0 fully saturated rings. The van der Waals surface area contributed by atoms with Crippen molar-refractivity contribution < 1.29 is 9.52 Å². The molecule has 5 heteroatoms. The van der Waals surface area contributed by atoms with Gasteiger partial charge in [-0.2, -0.15) is 0 Å². The van der Waals surface area contributed by atoms with Crippen molar-refractivity contribution in [3.63, 3.8) is 0 Å². The van der Waals surface area contributed by atoms with Crippen molar-refractivity contribution in [3.05, 3.63) is 50.2 Å². The van der Waals surface area contributed by atoms with Crippen LogP contribution in [0.5, 0.6) is 0 Å². The Morgan fingerprint density at radius 2 is 2.18 bits per heavy atom. The summed E-state index contributed by atoms with van der Waals surface area (Å²) in [5.41, 5.74) is 0.785. The minimum atomic E-state index is -0.782. The fourth-order valence-electron chi connectivity index (χ4n) is 1.65. The maximum Gasteiger partial charge on any atom is 0.163 e. The van der Waals surface area contributed by atoms with E-state index in [4.69, 9.17) is 4.42 Å². The summed E-state index contributed by atoms with van der Waals surface area (Å²) in [7, 11) is 0. The molecule has 86 valence electrons. The lowest BCUT2D eigenvalue weighted by atomic mass is 10.2. The van der Waals surface area contributed by atoms with Crippen LogP contribution in [-0.2, 0) is 0 Å². The number of nitrogens with zero attached hydrogens (tertiary/aromatic N) is 1. The third kappa shape index (κ3) is 2.10. The normalized spacial score (nSPS) is 13.1. The predicted octanol–water partition coefficient (Wildman–Crippen LogP) is 3.58. The van der Waals surface area contributed by atoms with E-state index in [0.29, 0.717) is 10.8 Å². The number of furan rings is 1. The Morgan fingerprint density at radius 3 is 2.88 bits per heavy atom. The number of halogens is 1. The quantitative estimate of drug-likeness (QED) is 0.714. The number of aliphatic hydroxyl groups excluding tert-OH is 1. The van der Waals surface area contributed by atoms with E-state index >= 15 is 0 Å². The molecule has 2 aromatic heterocycles. The van der Waals surface area contributed by atoms with E-state index in [1.807, 2.05) is 30.3 Å². The molecule has 0 saturated carbocycles. The van der Waals surface area contributed by atoms with Gasteiger partial charge in [-0.3, -0.25) is 0 Å². The molecule has 0 bridgehead atoms. The lowest BCUT2D eigenvalue weighted by Gasteiger charge is -2.01. The highest BCUT2D eigenvalue weighted by Gasteiger charge is 2.18. The first-order chi connectivity index (χ1) is 8.24. The highest BCUT2D eigenvalue weighted by atomic mass is 127. The summed E-state index contributed by atoms with van der Waals surface area (Å²) >= 11 is 3.65. The highest BCUT2D eigenvalue weighted by Crippen LogP contribution is 2.30. The standard InChI is InChI=1S/C12H8INO2S/c13-10-6-14-12(17-10)11(15)9-5-7-3-1-2-4-8(7)16-9/h1-6,11,15H. The number of para-hydroxylation sites is 1. The van der Waals surface area contributed by atoms with Gasteiger partial charge in [0.1, 0.15) is 16.4 Å². The van der Waals surface area contributed by atoms with Crippen molar-refractivity contribution in [2.45, 2.75) is 6.10 Å². The zero-order valence-corrected chi connectivity index (χ0v) is 11.6. The number of hydrogen-bond acceptors (Lipinski definition) is 4. The molecule has 3 nitrogen and oxygen atoms in total. The maximum atomic E-state index is 10.2. The van der Waals surface area contributed by atoms with Crippen LogP contribution in [0.1, 0.15) is 16.9 Å². The average Bonchev–Trinajstić information content (AvgIpc) is 2.93. The van der Waals surface area contributed by atoms with Gasteiger partial charge in [0.15, 0.2) is 6.10 Å². The Labute approximate surface area is 115 Å². The summed E-state index contributed by atoms with van der Waals surface area (Å²) in [6, 6.07) is 9.56. The number of thiazole rings is 1. The minimum absolute atomic E-state index is 0.539. The van der Waals surface area contributed by atoms with Crippen LogP contribution in [0.3, 0.4) is 0 Å². The molecular formula is C12H8INO2S. The van der Waals surface area contributed by atoms with E-state index in [0.717, 1.165) is 13.9 Å². The van der Waals surface area contributed by atoms with Crippen LogP contribution in [0.25, 0.3) is 11.0 Å².